The van der Waals surface area contributed by atoms with E-state index in [0.29, 0.717) is 6.07 Å². The topological polar surface area (TPSA) is 94.0 Å². The second kappa shape index (κ2) is 5.57. The number of pyridine rings is 1. The fourth-order valence-corrected chi connectivity index (χ4v) is 1.24. The van der Waals surface area contributed by atoms with Gasteiger partial charge >= 0.3 is 6.18 Å². The summed E-state index contributed by atoms with van der Waals surface area (Å²) in [5.74, 6) is -5.12. The summed E-state index contributed by atoms with van der Waals surface area (Å²) in [5.41, 5.74) is 7.96. The number of carbonyl (C=O) groups excluding carboxylic acids is 1. The Labute approximate surface area is 110 Å². The van der Waals surface area contributed by atoms with Crippen LogP contribution >= 0.6 is 0 Å². The van der Waals surface area contributed by atoms with Gasteiger partial charge in [0.25, 0.3) is 11.8 Å². The van der Waals surface area contributed by atoms with E-state index in [1.165, 1.54) is 0 Å². The number of aromatic nitrogens is 1. The maximum Gasteiger partial charge on any atom is 0.433 e. The second-order valence-electron chi connectivity index (χ2n) is 3.87. The summed E-state index contributed by atoms with van der Waals surface area (Å²) >= 11 is 0. The SMILES string of the molecule is NCC(F)(F)CNc1nc(C(F)(F)F)ccc1C(N)=O. The van der Waals surface area contributed by atoms with E-state index in [2.05, 4.69) is 4.98 Å². The molecule has 112 valence electrons. The van der Waals surface area contributed by atoms with Gasteiger partial charge in [-0.05, 0) is 12.1 Å². The number of halogens is 5. The first-order valence-corrected chi connectivity index (χ1v) is 5.26. The Bertz CT molecular complexity index is 503. The summed E-state index contributed by atoms with van der Waals surface area (Å²) < 4.78 is 63.3. The molecule has 0 saturated carbocycles. The molecule has 20 heavy (non-hydrogen) atoms. The highest BCUT2D eigenvalue weighted by molar-refractivity contribution is 5.97. The van der Waals surface area contributed by atoms with Crippen LogP contribution in [0.15, 0.2) is 12.1 Å². The van der Waals surface area contributed by atoms with Crippen LogP contribution in [0.2, 0.25) is 0 Å². The van der Waals surface area contributed by atoms with E-state index < -0.39 is 48.2 Å². The molecule has 0 spiro atoms. The van der Waals surface area contributed by atoms with Gasteiger partial charge in [0.05, 0.1) is 18.7 Å². The largest absolute Gasteiger partial charge is 0.433 e. The number of primary amides is 1. The van der Waals surface area contributed by atoms with Crippen LogP contribution < -0.4 is 16.8 Å². The van der Waals surface area contributed by atoms with Gasteiger partial charge in [-0.1, -0.05) is 0 Å². The normalized spacial score (nSPS) is 12.3. The van der Waals surface area contributed by atoms with Gasteiger partial charge in [0.15, 0.2) is 0 Å². The lowest BCUT2D eigenvalue weighted by molar-refractivity contribution is -0.141. The van der Waals surface area contributed by atoms with E-state index in [9.17, 15) is 26.7 Å². The number of hydrogen-bond acceptors (Lipinski definition) is 4. The molecule has 5 nitrogen and oxygen atoms in total. The molecule has 1 aromatic rings. The lowest BCUT2D eigenvalue weighted by Crippen LogP contribution is -2.36. The Morgan fingerprint density at radius 3 is 2.30 bits per heavy atom. The van der Waals surface area contributed by atoms with E-state index >= 15 is 0 Å². The molecule has 0 bridgehead atoms. The van der Waals surface area contributed by atoms with Crippen LogP contribution in [0, 0.1) is 0 Å². The number of nitrogens with two attached hydrogens (primary N) is 2. The monoisotopic (exact) mass is 298 g/mol. The highest BCUT2D eigenvalue weighted by Crippen LogP contribution is 2.29. The molecular weight excluding hydrogens is 287 g/mol. The van der Waals surface area contributed by atoms with Crippen molar-refractivity contribution in [3.8, 4) is 0 Å². The number of nitrogens with zero attached hydrogens (tertiary/aromatic N) is 1. The average molecular weight is 298 g/mol. The first kappa shape index (κ1) is 16.1. The first-order chi connectivity index (χ1) is 9.07. The molecule has 10 heteroatoms. The highest BCUT2D eigenvalue weighted by Gasteiger charge is 2.34. The number of hydrogen-bond donors (Lipinski definition) is 3. The third-order valence-electron chi connectivity index (χ3n) is 2.26. The number of nitrogens with one attached hydrogen (secondary N) is 1. The average Bonchev–Trinajstić information content (AvgIpc) is 2.35. The van der Waals surface area contributed by atoms with Gasteiger partial charge in [0.1, 0.15) is 11.5 Å². The molecule has 0 aliphatic carbocycles. The third kappa shape index (κ3) is 4.02. The standard InChI is InChI=1S/C10H11F5N4O/c11-9(12,3-16)4-18-8-5(7(17)20)1-2-6(19-8)10(13,14)15/h1-2H,3-4,16H2,(H2,17,20)(H,18,19). The van der Waals surface area contributed by atoms with E-state index in [1.807, 2.05) is 5.32 Å². The van der Waals surface area contributed by atoms with E-state index in [-0.39, 0.29) is 0 Å². The molecular formula is C10H11F5N4O. The lowest BCUT2D eigenvalue weighted by atomic mass is 10.2. The minimum atomic E-state index is -4.77. The molecule has 5 N–H and O–H groups in total. The number of anilines is 1. The molecule has 0 aliphatic heterocycles. The van der Waals surface area contributed by atoms with Crippen molar-refractivity contribution < 1.29 is 26.7 Å². The third-order valence-corrected chi connectivity index (χ3v) is 2.26. The number of alkyl halides is 5. The van der Waals surface area contributed by atoms with E-state index in [4.69, 9.17) is 11.5 Å². The van der Waals surface area contributed by atoms with Crippen LogP contribution in [0.1, 0.15) is 16.1 Å². The van der Waals surface area contributed by atoms with Crippen molar-refractivity contribution in [2.24, 2.45) is 11.5 Å². The molecule has 0 atom stereocenters. The van der Waals surface area contributed by atoms with Crippen LogP contribution in [0.3, 0.4) is 0 Å². The summed E-state index contributed by atoms with van der Waals surface area (Å²) in [7, 11) is 0. The maximum atomic E-state index is 13.0. The molecule has 1 amide bonds. The minimum absolute atomic E-state index is 0.425. The van der Waals surface area contributed by atoms with Crippen LogP contribution in [0.5, 0.6) is 0 Å². The molecule has 0 unspecified atom stereocenters. The molecule has 0 radical (unpaired) electrons. The van der Waals surface area contributed by atoms with Crippen LogP contribution in [0.4, 0.5) is 27.8 Å². The second-order valence-corrected chi connectivity index (χ2v) is 3.87. The Morgan fingerprint density at radius 1 is 1.25 bits per heavy atom. The minimum Gasteiger partial charge on any atom is -0.365 e. The summed E-state index contributed by atoms with van der Waals surface area (Å²) in [6.45, 7) is -2.08. The van der Waals surface area contributed by atoms with Crippen LogP contribution in [-0.2, 0) is 6.18 Å². The van der Waals surface area contributed by atoms with E-state index in [1.54, 1.807) is 0 Å². The number of amides is 1. The fraction of sp³-hybridized carbons (Fsp3) is 0.400. The van der Waals surface area contributed by atoms with Crippen LogP contribution in [-0.4, -0.2) is 29.9 Å². The van der Waals surface area contributed by atoms with Crippen molar-refractivity contribution in [2.75, 3.05) is 18.4 Å². The summed E-state index contributed by atoms with van der Waals surface area (Å²) in [5, 5.41) is 1.96. The Kier molecular flexibility index (Phi) is 4.48. The molecule has 1 rings (SSSR count). The molecule has 0 aliphatic rings. The quantitative estimate of drug-likeness (QED) is 0.712. The molecule has 0 saturated heterocycles. The van der Waals surface area contributed by atoms with Crippen molar-refractivity contribution in [3.05, 3.63) is 23.4 Å². The molecule has 1 aromatic heterocycles. The van der Waals surface area contributed by atoms with Crippen molar-refractivity contribution in [1.82, 2.24) is 4.98 Å². The van der Waals surface area contributed by atoms with Gasteiger partial charge in [0, 0.05) is 0 Å². The Balaban J connectivity index is 3.10. The number of carbonyl (C=O) groups is 1. The zero-order chi connectivity index (χ0) is 15.6. The van der Waals surface area contributed by atoms with Gasteiger partial charge in [-0.3, -0.25) is 4.79 Å². The highest BCUT2D eigenvalue weighted by atomic mass is 19.4. The van der Waals surface area contributed by atoms with Crippen LogP contribution in [0.25, 0.3) is 0 Å². The molecule has 0 aromatic carbocycles. The van der Waals surface area contributed by atoms with Crippen molar-refractivity contribution >= 4 is 11.7 Å². The van der Waals surface area contributed by atoms with Gasteiger partial charge in [-0.15, -0.1) is 0 Å². The zero-order valence-electron chi connectivity index (χ0n) is 9.97. The predicted molar refractivity (Wildman–Crippen MR) is 60.2 cm³/mol. The smallest absolute Gasteiger partial charge is 0.365 e. The summed E-state index contributed by atoms with van der Waals surface area (Å²) in [6, 6.07) is 1.30. The van der Waals surface area contributed by atoms with Crippen molar-refractivity contribution in [2.45, 2.75) is 12.1 Å². The summed E-state index contributed by atoms with van der Waals surface area (Å²) in [4.78, 5) is 14.1. The first-order valence-electron chi connectivity index (χ1n) is 5.26. The predicted octanol–water partition coefficient (Wildman–Crippen LogP) is 1.21. The van der Waals surface area contributed by atoms with Gasteiger partial charge in [-0.2, -0.15) is 13.2 Å². The van der Waals surface area contributed by atoms with Crippen molar-refractivity contribution in [3.63, 3.8) is 0 Å². The van der Waals surface area contributed by atoms with Crippen molar-refractivity contribution in [1.29, 1.82) is 0 Å². The zero-order valence-corrected chi connectivity index (χ0v) is 9.97. The lowest BCUT2D eigenvalue weighted by Gasteiger charge is -2.17. The van der Waals surface area contributed by atoms with Gasteiger partial charge < -0.3 is 16.8 Å². The van der Waals surface area contributed by atoms with Gasteiger partial charge in [0.2, 0.25) is 0 Å². The summed E-state index contributed by atoms with van der Waals surface area (Å²) in [6.07, 6.45) is -4.77. The maximum absolute atomic E-state index is 13.0. The van der Waals surface area contributed by atoms with E-state index in [0.717, 1.165) is 6.07 Å². The number of rotatable bonds is 5. The fourth-order valence-electron chi connectivity index (χ4n) is 1.24. The molecule has 1 heterocycles. The Morgan fingerprint density at radius 2 is 1.85 bits per heavy atom. The molecule has 0 fully saturated rings. The Hall–Kier alpha value is -1.97. The van der Waals surface area contributed by atoms with Gasteiger partial charge in [-0.25, -0.2) is 13.8 Å².